The minimum atomic E-state index is -0.537. The topological polar surface area (TPSA) is 92.7 Å². The van der Waals surface area contributed by atoms with Gasteiger partial charge < -0.3 is 4.74 Å². The van der Waals surface area contributed by atoms with Crippen molar-refractivity contribution in [1.29, 1.82) is 0 Å². The van der Waals surface area contributed by atoms with Gasteiger partial charge in [0.2, 0.25) is 0 Å². The summed E-state index contributed by atoms with van der Waals surface area (Å²) in [7, 11) is 1.26. The van der Waals surface area contributed by atoms with E-state index in [1.54, 1.807) is 6.07 Å². The van der Waals surface area contributed by atoms with E-state index in [1.165, 1.54) is 47.7 Å². The van der Waals surface area contributed by atoms with Gasteiger partial charge in [-0.3, -0.25) is 14.6 Å². The molecule has 9 heteroatoms. The van der Waals surface area contributed by atoms with Crippen molar-refractivity contribution >= 4 is 29.4 Å². The summed E-state index contributed by atoms with van der Waals surface area (Å²) in [5.41, 5.74) is 0.709. The number of rotatable bonds is 3. The number of aromatic nitrogens is 2. The number of carbonyl (C=O) groups excluding carboxylic acids is 3. The van der Waals surface area contributed by atoms with Gasteiger partial charge in [0.1, 0.15) is 10.8 Å². The Bertz CT molecular complexity index is 839. The maximum Gasteiger partial charge on any atom is 0.339 e. The summed E-state index contributed by atoms with van der Waals surface area (Å²) in [5.74, 6) is -1.30. The lowest BCUT2D eigenvalue weighted by molar-refractivity contribution is 0.0182. The van der Waals surface area contributed by atoms with E-state index in [4.69, 9.17) is 11.6 Å². The summed E-state index contributed by atoms with van der Waals surface area (Å²) < 4.78 is 4.60. The van der Waals surface area contributed by atoms with Crippen molar-refractivity contribution in [3.05, 3.63) is 58.6 Å². The number of amides is 2. The molecule has 2 aromatic heterocycles. The van der Waals surface area contributed by atoms with Crippen molar-refractivity contribution in [3.8, 4) is 0 Å². The van der Waals surface area contributed by atoms with Gasteiger partial charge in [0, 0.05) is 25.5 Å². The number of nitrogens with zero attached hydrogens (tertiary/aromatic N) is 4. The van der Waals surface area contributed by atoms with Gasteiger partial charge in [-0.1, -0.05) is 11.6 Å². The average molecular weight is 375 g/mol. The fourth-order valence-electron chi connectivity index (χ4n) is 2.58. The van der Waals surface area contributed by atoms with E-state index in [0.717, 1.165) is 0 Å². The Balaban J connectivity index is 1.78. The van der Waals surface area contributed by atoms with Crippen molar-refractivity contribution in [2.75, 3.05) is 20.2 Å². The molecule has 0 bridgehead atoms. The third-order valence-electron chi connectivity index (χ3n) is 3.88. The minimum absolute atomic E-state index is 0.131. The van der Waals surface area contributed by atoms with Gasteiger partial charge in [-0.2, -0.15) is 0 Å². The third kappa shape index (κ3) is 3.50. The number of pyridine rings is 2. The van der Waals surface area contributed by atoms with Crippen molar-refractivity contribution < 1.29 is 19.1 Å². The quantitative estimate of drug-likeness (QED) is 0.601. The van der Waals surface area contributed by atoms with Crippen LogP contribution in [0.1, 0.15) is 37.6 Å². The molecule has 0 atom stereocenters. The number of carbonyl (C=O) groups is 3. The third-order valence-corrected chi connectivity index (χ3v) is 4.10. The van der Waals surface area contributed by atoms with E-state index in [-0.39, 0.29) is 22.3 Å². The molecule has 2 amide bonds. The molecule has 134 valence electrons. The largest absolute Gasteiger partial charge is 0.465 e. The maximum absolute atomic E-state index is 12.7. The number of hydrogen-bond donors (Lipinski definition) is 0. The highest BCUT2D eigenvalue weighted by Gasteiger charge is 2.32. The van der Waals surface area contributed by atoms with Gasteiger partial charge in [-0.05, 0) is 30.7 Å². The molecule has 2 aromatic rings. The zero-order valence-corrected chi connectivity index (χ0v) is 14.6. The normalized spacial score (nSPS) is 13.6. The number of halogens is 1. The molecule has 0 unspecified atom stereocenters. The number of hydrogen-bond acceptors (Lipinski definition) is 6. The molecule has 1 fully saturated rings. The molecule has 0 saturated carbocycles. The van der Waals surface area contributed by atoms with E-state index in [2.05, 4.69) is 14.7 Å². The molecule has 1 aliphatic rings. The zero-order chi connectivity index (χ0) is 18.7. The summed E-state index contributed by atoms with van der Waals surface area (Å²) >= 11 is 5.74. The monoisotopic (exact) mass is 374 g/mol. The smallest absolute Gasteiger partial charge is 0.339 e. The van der Waals surface area contributed by atoms with Crippen molar-refractivity contribution in [2.24, 2.45) is 0 Å². The molecular formula is C17H15ClN4O4. The van der Waals surface area contributed by atoms with Crippen LogP contribution in [0.3, 0.4) is 0 Å². The number of methoxy groups -OCH3 is 1. The van der Waals surface area contributed by atoms with Crippen LogP contribution in [-0.2, 0) is 4.74 Å². The molecule has 0 radical (unpaired) electrons. The van der Waals surface area contributed by atoms with Gasteiger partial charge in [-0.15, -0.1) is 0 Å². The predicted molar refractivity (Wildman–Crippen MR) is 91.5 cm³/mol. The van der Waals surface area contributed by atoms with Crippen LogP contribution in [-0.4, -0.2) is 58.0 Å². The predicted octanol–water partition coefficient (Wildman–Crippen LogP) is 1.82. The fourth-order valence-corrected chi connectivity index (χ4v) is 2.69. The van der Waals surface area contributed by atoms with Crippen LogP contribution >= 0.6 is 11.6 Å². The summed E-state index contributed by atoms with van der Waals surface area (Å²) in [4.78, 5) is 44.7. The summed E-state index contributed by atoms with van der Waals surface area (Å²) in [5, 5.41) is 2.99. The minimum Gasteiger partial charge on any atom is -0.465 e. The van der Waals surface area contributed by atoms with Gasteiger partial charge in [-0.25, -0.2) is 19.8 Å². The first kappa shape index (κ1) is 17.8. The molecule has 0 aromatic carbocycles. The number of esters is 1. The molecule has 0 aliphatic carbocycles. The molecule has 1 saturated heterocycles. The highest BCUT2D eigenvalue weighted by atomic mass is 35.5. The Morgan fingerprint density at radius 2 is 1.62 bits per heavy atom. The Hall–Kier alpha value is -3.00. The first-order valence-corrected chi connectivity index (χ1v) is 8.18. The lowest BCUT2D eigenvalue weighted by Gasteiger charge is -2.27. The number of ether oxygens (including phenoxy) is 1. The van der Waals surface area contributed by atoms with Crippen LogP contribution in [0.2, 0.25) is 5.15 Å². The summed E-state index contributed by atoms with van der Waals surface area (Å²) in [6, 6.07) is 5.96. The van der Waals surface area contributed by atoms with E-state index in [9.17, 15) is 14.4 Å². The first-order chi connectivity index (χ1) is 12.5. The van der Waals surface area contributed by atoms with Gasteiger partial charge in [0.25, 0.3) is 11.8 Å². The van der Waals surface area contributed by atoms with Crippen LogP contribution in [0.25, 0.3) is 0 Å². The molecule has 8 nitrogen and oxygen atoms in total. The Morgan fingerprint density at radius 3 is 2.19 bits per heavy atom. The second kappa shape index (κ2) is 7.49. The van der Waals surface area contributed by atoms with Gasteiger partial charge >= 0.3 is 5.97 Å². The molecule has 1 aliphatic heterocycles. The van der Waals surface area contributed by atoms with E-state index in [0.29, 0.717) is 25.1 Å². The van der Waals surface area contributed by atoms with E-state index in [1.807, 2.05) is 0 Å². The van der Waals surface area contributed by atoms with Crippen LogP contribution in [0, 0.1) is 0 Å². The molecular weight excluding hydrogens is 360 g/mol. The molecule has 0 N–H and O–H groups in total. The first-order valence-electron chi connectivity index (χ1n) is 7.81. The van der Waals surface area contributed by atoms with Crippen molar-refractivity contribution in [2.45, 2.75) is 6.42 Å². The van der Waals surface area contributed by atoms with Crippen LogP contribution in [0.5, 0.6) is 0 Å². The van der Waals surface area contributed by atoms with Gasteiger partial charge in [0.15, 0.2) is 0 Å². The van der Waals surface area contributed by atoms with E-state index < -0.39 is 11.9 Å². The molecule has 3 heterocycles. The standard InChI is InChI=1S/C17H15ClN4O4/c1-26-17(25)12-3-5-13(19-10-12)16(24)22-8-2-7-21(22)15(23)11-4-6-14(18)20-9-11/h3-6,9-10H,2,7-8H2,1H3. The molecule has 3 rings (SSSR count). The summed E-state index contributed by atoms with van der Waals surface area (Å²) in [6.07, 6.45) is 3.29. The lowest BCUT2D eigenvalue weighted by Crippen LogP contribution is -2.45. The highest BCUT2D eigenvalue weighted by molar-refractivity contribution is 6.29. The second-order valence-corrected chi connectivity index (χ2v) is 5.89. The Morgan fingerprint density at radius 1 is 0.962 bits per heavy atom. The van der Waals surface area contributed by atoms with Crippen molar-refractivity contribution in [1.82, 2.24) is 20.0 Å². The Labute approximate surface area is 154 Å². The van der Waals surface area contributed by atoms with Crippen molar-refractivity contribution in [3.63, 3.8) is 0 Å². The molecule has 26 heavy (non-hydrogen) atoms. The summed E-state index contributed by atoms with van der Waals surface area (Å²) in [6.45, 7) is 0.805. The number of hydrazine groups is 1. The SMILES string of the molecule is COC(=O)c1ccc(C(=O)N2CCCN2C(=O)c2ccc(Cl)nc2)nc1. The highest BCUT2D eigenvalue weighted by Crippen LogP contribution is 2.18. The van der Waals surface area contributed by atoms with Gasteiger partial charge in [0.05, 0.1) is 18.2 Å². The van der Waals surface area contributed by atoms with Crippen LogP contribution in [0.4, 0.5) is 0 Å². The van der Waals surface area contributed by atoms with Crippen LogP contribution in [0.15, 0.2) is 36.7 Å². The van der Waals surface area contributed by atoms with E-state index >= 15 is 0 Å². The maximum atomic E-state index is 12.7. The Kier molecular flexibility index (Phi) is 5.13. The second-order valence-electron chi connectivity index (χ2n) is 5.50. The molecule has 0 spiro atoms. The van der Waals surface area contributed by atoms with Crippen LogP contribution < -0.4 is 0 Å². The zero-order valence-electron chi connectivity index (χ0n) is 13.9. The fraction of sp³-hybridized carbons (Fsp3) is 0.235. The lowest BCUT2D eigenvalue weighted by atomic mass is 10.2. The average Bonchev–Trinajstić information content (AvgIpc) is 3.16.